The van der Waals surface area contributed by atoms with Crippen molar-refractivity contribution in [1.29, 1.82) is 0 Å². The predicted molar refractivity (Wildman–Crippen MR) is 82.8 cm³/mol. The van der Waals surface area contributed by atoms with Crippen LogP contribution in [-0.2, 0) is 0 Å². The molecule has 3 aromatic rings. The van der Waals surface area contributed by atoms with Gasteiger partial charge in [0.15, 0.2) is 17.3 Å². The van der Waals surface area contributed by atoms with Crippen LogP contribution in [0.5, 0.6) is 34.5 Å². The van der Waals surface area contributed by atoms with E-state index in [0.29, 0.717) is 0 Å². The van der Waals surface area contributed by atoms with Crippen LogP contribution in [0.15, 0.2) is 33.5 Å². The lowest BCUT2D eigenvalue weighted by Crippen LogP contribution is -2.03. The van der Waals surface area contributed by atoms with E-state index in [1.54, 1.807) is 0 Å². The van der Waals surface area contributed by atoms with Crippen molar-refractivity contribution in [3.8, 4) is 45.8 Å². The summed E-state index contributed by atoms with van der Waals surface area (Å²) in [5.41, 5.74) is -1.25. The maximum Gasteiger partial charge on any atom is 0.238 e. The fourth-order valence-corrected chi connectivity index (χ4v) is 2.32. The number of hydrogen-bond donors (Lipinski definition) is 5. The van der Waals surface area contributed by atoms with E-state index < -0.39 is 39.9 Å². The molecular formula is C16H12O8. The van der Waals surface area contributed by atoms with Gasteiger partial charge >= 0.3 is 0 Å². The zero-order valence-electron chi connectivity index (χ0n) is 12.3. The van der Waals surface area contributed by atoms with E-state index in [2.05, 4.69) is 0 Å². The van der Waals surface area contributed by atoms with Gasteiger partial charge in [0.05, 0.1) is 12.7 Å². The lowest BCUT2D eigenvalue weighted by atomic mass is 10.1. The first kappa shape index (κ1) is 15.3. The molecule has 0 amide bonds. The van der Waals surface area contributed by atoms with Gasteiger partial charge in [-0.15, -0.1) is 0 Å². The molecule has 2 aromatic carbocycles. The molecule has 8 heteroatoms. The van der Waals surface area contributed by atoms with Crippen molar-refractivity contribution in [2.24, 2.45) is 0 Å². The van der Waals surface area contributed by atoms with E-state index in [1.165, 1.54) is 19.2 Å². The molecule has 0 aliphatic carbocycles. The molecule has 3 rings (SSSR count). The Morgan fingerprint density at radius 2 is 1.62 bits per heavy atom. The van der Waals surface area contributed by atoms with Gasteiger partial charge < -0.3 is 34.7 Å². The van der Waals surface area contributed by atoms with Gasteiger partial charge in [-0.05, 0) is 12.1 Å². The molecule has 0 spiro atoms. The topological polar surface area (TPSA) is 141 Å². The van der Waals surface area contributed by atoms with E-state index in [-0.39, 0.29) is 22.3 Å². The second kappa shape index (κ2) is 5.27. The fourth-order valence-electron chi connectivity index (χ4n) is 2.32. The Morgan fingerprint density at radius 3 is 2.29 bits per heavy atom. The number of rotatable bonds is 2. The van der Waals surface area contributed by atoms with Crippen molar-refractivity contribution < 1.29 is 34.7 Å². The summed E-state index contributed by atoms with van der Waals surface area (Å²) in [7, 11) is 1.35. The van der Waals surface area contributed by atoms with Crippen LogP contribution in [0.2, 0.25) is 0 Å². The van der Waals surface area contributed by atoms with E-state index in [9.17, 15) is 30.3 Å². The van der Waals surface area contributed by atoms with Gasteiger partial charge in [0, 0.05) is 12.1 Å². The third-order valence-corrected chi connectivity index (χ3v) is 3.53. The van der Waals surface area contributed by atoms with Gasteiger partial charge in [-0.3, -0.25) is 4.79 Å². The Hall–Kier alpha value is -3.55. The van der Waals surface area contributed by atoms with E-state index in [4.69, 9.17) is 9.15 Å². The fraction of sp³-hybridized carbons (Fsp3) is 0.0625. The summed E-state index contributed by atoms with van der Waals surface area (Å²) in [6, 6.07) is 4.70. The van der Waals surface area contributed by atoms with E-state index in [0.717, 1.165) is 12.1 Å². The lowest BCUT2D eigenvalue weighted by Gasteiger charge is -2.10. The zero-order chi connectivity index (χ0) is 17.6. The molecule has 0 saturated heterocycles. The molecule has 0 aliphatic rings. The minimum atomic E-state index is -0.932. The quantitative estimate of drug-likeness (QED) is 0.449. The highest BCUT2D eigenvalue weighted by Gasteiger charge is 2.23. The number of benzene rings is 2. The number of hydrogen-bond acceptors (Lipinski definition) is 8. The highest BCUT2D eigenvalue weighted by atomic mass is 16.5. The molecule has 0 unspecified atom stereocenters. The molecule has 1 aromatic heterocycles. The highest BCUT2D eigenvalue weighted by Crippen LogP contribution is 2.45. The van der Waals surface area contributed by atoms with Gasteiger partial charge in [0.25, 0.3) is 0 Å². The van der Waals surface area contributed by atoms with Crippen LogP contribution in [0.1, 0.15) is 0 Å². The lowest BCUT2D eigenvalue weighted by molar-refractivity contribution is 0.367. The largest absolute Gasteiger partial charge is 0.507 e. The van der Waals surface area contributed by atoms with E-state index in [1.807, 2.05) is 0 Å². The number of aromatic hydroxyl groups is 5. The van der Waals surface area contributed by atoms with Gasteiger partial charge in [-0.25, -0.2) is 0 Å². The summed E-state index contributed by atoms with van der Waals surface area (Å²) in [5, 5.41) is 48.6. The first-order valence-electron chi connectivity index (χ1n) is 6.66. The Kier molecular flexibility index (Phi) is 3.37. The zero-order valence-corrected chi connectivity index (χ0v) is 12.3. The van der Waals surface area contributed by atoms with Gasteiger partial charge in [-0.1, -0.05) is 0 Å². The Balaban J connectivity index is 2.40. The molecule has 0 fully saturated rings. The maximum absolute atomic E-state index is 12.3. The summed E-state index contributed by atoms with van der Waals surface area (Å²) in [6.07, 6.45) is 0. The molecule has 0 atom stereocenters. The number of phenols is 4. The highest BCUT2D eigenvalue weighted by molar-refractivity contribution is 5.89. The molecule has 0 saturated carbocycles. The van der Waals surface area contributed by atoms with Crippen LogP contribution in [0, 0.1) is 0 Å². The Bertz CT molecular complexity index is 1020. The van der Waals surface area contributed by atoms with Crippen LogP contribution in [0.4, 0.5) is 0 Å². The molecule has 0 bridgehead atoms. The SMILES string of the molecule is COc1cc(O)c2c(=O)c(O)c(-c3ccc(O)c(O)c3O)oc2c1. The smallest absolute Gasteiger partial charge is 0.238 e. The first-order valence-corrected chi connectivity index (χ1v) is 6.66. The summed E-state index contributed by atoms with van der Waals surface area (Å²) in [5.74, 6) is -3.74. The Labute approximate surface area is 134 Å². The summed E-state index contributed by atoms with van der Waals surface area (Å²) >= 11 is 0. The molecule has 5 N–H and O–H groups in total. The minimum Gasteiger partial charge on any atom is -0.507 e. The number of fused-ring (bicyclic) bond motifs is 1. The first-order chi connectivity index (χ1) is 11.3. The molecule has 1 heterocycles. The van der Waals surface area contributed by atoms with Crippen LogP contribution in [0.3, 0.4) is 0 Å². The van der Waals surface area contributed by atoms with Crippen molar-refractivity contribution >= 4 is 11.0 Å². The van der Waals surface area contributed by atoms with Crippen molar-refractivity contribution in [1.82, 2.24) is 0 Å². The third kappa shape index (κ3) is 2.12. The van der Waals surface area contributed by atoms with Crippen molar-refractivity contribution in [3.63, 3.8) is 0 Å². The minimum absolute atomic E-state index is 0.100. The van der Waals surface area contributed by atoms with Gasteiger partial charge in [-0.2, -0.15) is 0 Å². The second-order valence-electron chi connectivity index (χ2n) is 4.96. The summed E-state index contributed by atoms with van der Waals surface area (Å²) in [4.78, 5) is 12.3. The van der Waals surface area contributed by atoms with Crippen molar-refractivity contribution in [2.45, 2.75) is 0 Å². The second-order valence-corrected chi connectivity index (χ2v) is 4.96. The molecular weight excluding hydrogens is 320 g/mol. The van der Waals surface area contributed by atoms with E-state index >= 15 is 0 Å². The monoisotopic (exact) mass is 332 g/mol. The normalized spacial score (nSPS) is 10.9. The Morgan fingerprint density at radius 1 is 0.917 bits per heavy atom. The summed E-state index contributed by atoms with van der Waals surface area (Å²) in [6.45, 7) is 0. The predicted octanol–water partition coefficient (Wildman–Crippen LogP) is 2.00. The molecule has 0 radical (unpaired) electrons. The van der Waals surface area contributed by atoms with Crippen molar-refractivity contribution in [2.75, 3.05) is 7.11 Å². The van der Waals surface area contributed by atoms with Gasteiger partial charge in [0.2, 0.25) is 16.9 Å². The summed E-state index contributed by atoms with van der Waals surface area (Å²) < 4.78 is 10.4. The van der Waals surface area contributed by atoms with Crippen LogP contribution in [0.25, 0.3) is 22.3 Å². The average molecular weight is 332 g/mol. The number of methoxy groups -OCH3 is 1. The number of ether oxygens (including phenoxy) is 1. The number of phenolic OH excluding ortho intramolecular Hbond substituents is 4. The van der Waals surface area contributed by atoms with Gasteiger partial charge in [0.1, 0.15) is 22.5 Å². The molecule has 24 heavy (non-hydrogen) atoms. The van der Waals surface area contributed by atoms with Crippen molar-refractivity contribution in [3.05, 3.63) is 34.5 Å². The average Bonchev–Trinajstić information content (AvgIpc) is 2.56. The standard InChI is InChI=1S/C16H12O8/c1-23-6-4-9(18)11-10(5-6)24-16(15(22)14(11)21)7-2-3-8(17)13(20)12(7)19/h2-5,17-20,22H,1H3. The third-order valence-electron chi connectivity index (χ3n) is 3.53. The van der Waals surface area contributed by atoms with Crippen LogP contribution >= 0.6 is 0 Å². The van der Waals surface area contributed by atoms with Crippen LogP contribution in [-0.4, -0.2) is 32.6 Å². The molecule has 0 aliphatic heterocycles. The molecule has 124 valence electrons. The maximum atomic E-state index is 12.3. The molecule has 8 nitrogen and oxygen atoms in total. The van der Waals surface area contributed by atoms with Crippen LogP contribution < -0.4 is 10.2 Å².